The molecule has 2 aromatic carbocycles. The summed E-state index contributed by atoms with van der Waals surface area (Å²) in [5.74, 6) is 1.14. The van der Waals surface area contributed by atoms with E-state index in [1.54, 1.807) is 50.6 Å². The molecule has 0 aromatic heterocycles. The maximum atomic E-state index is 8.00. The maximum absolute atomic E-state index is 8.00. The molecule has 2 rings (SSSR count). The third kappa shape index (κ3) is 1.87. The van der Waals surface area contributed by atoms with Gasteiger partial charge in [0, 0.05) is 11.1 Å². The first-order valence-corrected chi connectivity index (χ1v) is 4.96. The Kier molecular flexibility index (Phi) is 2.42. The maximum Gasteiger partial charge on any atom is 0.126 e. The molecule has 0 atom stereocenters. The van der Waals surface area contributed by atoms with E-state index in [-0.39, 0.29) is 0 Å². The average Bonchev–Trinajstić information content (AvgIpc) is 2.38. The van der Waals surface area contributed by atoms with Gasteiger partial charge in [-0.25, -0.2) is 0 Å². The van der Waals surface area contributed by atoms with Gasteiger partial charge in [-0.2, -0.15) is 0 Å². The molecule has 0 aliphatic heterocycles. The number of methoxy groups -OCH3 is 2. The lowest BCUT2D eigenvalue weighted by Crippen LogP contribution is -1.90. The van der Waals surface area contributed by atoms with Gasteiger partial charge in [-0.05, 0) is 12.1 Å². The van der Waals surface area contributed by atoms with Crippen molar-refractivity contribution in [2.24, 2.45) is 0 Å². The Hall–Kier alpha value is -1.96. The largest absolute Gasteiger partial charge is 0.496 e. The fourth-order valence-corrected chi connectivity index (χ4v) is 1.57. The summed E-state index contributed by atoms with van der Waals surface area (Å²) in [5, 5.41) is 0. The van der Waals surface area contributed by atoms with Crippen molar-refractivity contribution in [3.05, 3.63) is 48.5 Å². The van der Waals surface area contributed by atoms with Gasteiger partial charge < -0.3 is 9.47 Å². The summed E-state index contributed by atoms with van der Waals surface area (Å²) in [5.41, 5.74) is 1.17. The van der Waals surface area contributed by atoms with E-state index >= 15 is 0 Å². The highest BCUT2D eigenvalue weighted by molar-refractivity contribution is 5.75. The zero-order valence-corrected chi connectivity index (χ0v) is 9.28. The lowest BCUT2D eigenvalue weighted by molar-refractivity contribution is 0.410. The van der Waals surface area contributed by atoms with Crippen molar-refractivity contribution in [2.75, 3.05) is 14.2 Å². The topological polar surface area (TPSA) is 18.5 Å². The summed E-state index contributed by atoms with van der Waals surface area (Å²) in [7, 11) is 3.11. The zero-order chi connectivity index (χ0) is 13.1. The lowest BCUT2D eigenvalue weighted by atomic mass is 10.0. The first kappa shape index (κ1) is 8.22. The number of hydrogen-bond donors (Lipinski definition) is 0. The van der Waals surface area contributed by atoms with Crippen molar-refractivity contribution in [3.63, 3.8) is 0 Å². The van der Waals surface area contributed by atoms with Crippen molar-refractivity contribution in [3.8, 4) is 22.6 Å². The SMILES string of the molecule is [2H]c1cccc(OC)c1-c1c([2H])cccc1OC. The van der Waals surface area contributed by atoms with Crippen LogP contribution in [0.2, 0.25) is 0 Å². The molecule has 0 unspecified atom stereocenters. The van der Waals surface area contributed by atoms with E-state index in [4.69, 9.17) is 12.2 Å². The van der Waals surface area contributed by atoms with E-state index in [2.05, 4.69) is 0 Å². The molecule has 0 N–H and O–H groups in total. The van der Waals surface area contributed by atoms with Gasteiger partial charge in [0.1, 0.15) is 11.5 Å². The molecule has 0 saturated heterocycles. The van der Waals surface area contributed by atoms with Crippen LogP contribution in [0.1, 0.15) is 2.74 Å². The monoisotopic (exact) mass is 216 g/mol. The van der Waals surface area contributed by atoms with Crippen LogP contribution in [0, 0.1) is 0 Å². The van der Waals surface area contributed by atoms with E-state index < -0.39 is 0 Å². The molecular weight excluding hydrogens is 200 g/mol. The molecule has 0 radical (unpaired) electrons. The zero-order valence-electron chi connectivity index (χ0n) is 11.3. The van der Waals surface area contributed by atoms with Crippen molar-refractivity contribution >= 4 is 0 Å². The smallest absolute Gasteiger partial charge is 0.126 e. The Morgan fingerprint density at radius 1 is 0.812 bits per heavy atom. The van der Waals surface area contributed by atoms with E-state index in [0.29, 0.717) is 34.7 Å². The number of para-hydroxylation sites is 2. The van der Waals surface area contributed by atoms with Crippen LogP contribution in [0.4, 0.5) is 0 Å². The standard InChI is InChI=1S/C14H14O2/c1-15-13-9-5-3-7-11(13)12-8-4-6-10-14(12)16-2/h3-10H,1-2H3/i7D,8D. The molecule has 0 bridgehead atoms. The van der Waals surface area contributed by atoms with E-state index in [1.807, 2.05) is 0 Å². The fourth-order valence-electron chi connectivity index (χ4n) is 1.57. The quantitative estimate of drug-likeness (QED) is 0.783. The second kappa shape index (κ2) is 4.71. The Morgan fingerprint density at radius 2 is 1.25 bits per heavy atom. The Bertz CT molecular complexity index is 516. The highest BCUT2D eigenvalue weighted by atomic mass is 16.5. The minimum absolute atomic E-state index is 0.312. The molecule has 0 aliphatic carbocycles. The van der Waals surface area contributed by atoms with Gasteiger partial charge in [0.05, 0.1) is 17.0 Å². The molecule has 0 amide bonds. The first-order chi connectivity index (χ1) is 8.69. The van der Waals surface area contributed by atoms with Crippen molar-refractivity contribution in [2.45, 2.75) is 0 Å². The Balaban J connectivity index is 2.76. The molecule has 0 spiro atoms. The molecule has 0 saturated carbocycles. The van der Waals surface area contributed by atoms with Gasteiger partial charge in [-0.1, -0.05) is 36.4 Å². The minimum atomic E-state index is 0.312. The molecule has 2 aromatic rings. The third-order valence-electron chi connectivity index (χ3n) is 2.33. The number of ether oxygens (including phenoxy) is 2. The first-order valence-electron chi connectivity index (χ1n) is 5.96. The average molecular weight is 216 g/mol. The van der Waals surface area contributed by atoms with Crippen LogP contribution >= 0.6 is 0 Å². The van der Waals surface area contributed by atoms with Gasteiger partial charge >= 0.3 is 0 Å². The molecule has 16 heavy (non-hydrogen) atoms. The van der Waals surface area contributed by atoms with Crippen LogP contribution in [0.5, 0.6) is 11.5 Å². The van der Waals surface area contributed by atoms with Crippen LogP contribution in [-0.2, 0) is 0 Å². The molecule has 2 heteroatoms. The summed E-state index contributed by atoms with van der Waals surface area (Å²) in [4.78, 5) is 0. The van der Waals surface area contributed by atoms with E-state index in [0.717, 1.165) is 0 Å². The second-order valence-corrected chi connectivity index (χ2v) is 3.23. The predicted molar refractivity (Wildman–Crippen MR) is 65.0 cm³/mol. The van der Waals surface area contributed by atoms with Gasteiger partial charge in [-0.3, -0.25) is 0 Å². The summed E-state index contributed by atoms with van der Waals surface area (Å²) in [6.07, 6.45) is 0. The molecule has 0 fully saturated rings. The summed E-state index contributed by atoms with van der Waals surface area (Å²) in [6, 6.07) is 11.0. The normalized spacial score (nSPS) is 11.6. The second-order valence-electron chi connectivity index (χ2n) is 3.23. The minimum Gasteiger partial charge on any atom is -0.496 e. The highest BCUT2D eigenvalue weighted by Gasteiger charge is 2.08. The van der Waals surface area contributed by atoms with Crippen LogP contribution in [0.25, 0.3) is 11.1 Å². The molecule has 0 aliphatic rings. The van der Waals surface area contributed by atoms with Crippen LogP contribution < -0.4 is 9.47 Å². The van der Waals surface area contributed by atoms with Gasteiger partial charge in [-0.15, -0.1) is 0 Å². The third-order valence-corrected chi connectivity index (χ3v) is 2.33. The molecule has 2 nitrogen and oxygen atoms in total. The predicted octanol–water partition coefficient (Wildman–Crippen LogP) is 3.37. The van der Waals surface area contributed by atoms with Crippen LogP contribution in [0.15, 0.2) is 48.5 Å². The molecule has 82 valence electrons. The van der Waals surface area contributed by atoms with Gasteiger partial charge in [0.2, 0.25) is 0 Å². The van der Waals surface area contributed by atoms with Crippen molar-refractivity contribution in [1.82, 2.24) is 0 Å². The summed E-state index contributed by atoms with van der Waals surface area (Å²) in [6.45, 7) is 0. The number of rotatable bonds is 3. The Labute approximate surface area is 98.3 Å². The molecular formula is C14H14O2. The highest BCUT2D eigenvalue weighted by Crippen LogP contribution is 2.35. The van der Waals surface area contributed by atoms with E-state index in [9.17, 15) is 0 Å². The molecule has 0 heterocycles. The fraction of sp³-hybridized carbons (Fsp3) is 0.143. The summed E-state index contributed by atoms with van der Waals surface area (Å²) < 4.78 is 26.6. The van der Waals surface area contributed by atoms with Crippen molar-refractivity contribution in [1.29, 1.82) is 0 Å². The van der Waals surface area contributed by atoms with Crippen LogP contribution in [0.3, 0.4) is 0 Å². The summed E-state index contributed by atoms with van der Waals surface area (Å²) >= 11 is 0. The van der Waals surface area contributed by atoms with Gasteiger partial charge in [0.15, 0.2) is 0 Å². The number of benzene rings is 2. The Morgan fingerprint density at radius 3 is 1.62 bits per heavy atom. The lowest BCUT2D eigenvalue weighted by Gasteiger charge is -2.11. The van der Waals surface area contributed by atoms with Crippen LogP contribution in [-0.4, -0.2) is 14.2 Å². The van der Waals surface area contributed by atoms with Gasteiger partial charge in [0.25, 0.3) is 0 Å². The van der Waals surface area contributed by atoms with Crippen molar-refractivity contribution < 1.29 is 12.2 Å². The number of hydrogen-bond acceptors (Lipinski definition) is 2. The van der Waals surface area contributed by atoms with E-state index in [1.165, 1.54) is 0 Å².